The number of thiophene rings is 1. The molecule has 0 aromatic carbocycles. The van der Waals surface area contributed by atoms with Crippen molar-refractivity contribution in [3.8, 4) is 10.4 Å². The number of aromatic nitrogens is 3. The third-order valence-corrected chi connectivity index (χ3v) is 4.26. The van der Waals surface area contributed by atoms with Gasteiger partial charge in [0, 0.05) is 29.6 Å². The zero-order valence-corrected chi connectivity index (χ0v) is 12.5. The van der Waals surface area contributed by atoms with Crippen LogP contribution in [0.4, 0.5) is 9.18 Å². The Morgan fingerprint density at radius 3 is 3.04 bits per heavy atom. The Labute approximate surface area is 132 Å². The van der Waals surface area contributed by atoms with E-state index in [1.165, 1.54) is 12.3 Å². The topological polar surface area (TPSA) is 108 Å². The van der Waals surface area contributed by atoms with E-state index in [2.05, 4.69) is 20.3 Å². The second-order valence-electron chi connectivity index (χ2n) is 4.68. The number of H-pyrrole nitrogens is 1. The van der Waals surface area contributed by atoms with Gasteiger partial charge in [-0.25, -0.2) is 14.2 Å². The third kappa shape index (κ3) is 3.19. The molecule has 0 atom stereocenters. The maximum atomic E-state index is 13.8. The summed E-state index contributed by atoms with van der Waals surface area (Å²) in [6.07, 6.45) is 1.70. The monoisotopic (exact) mass is 334 g/mol. The maximum absolute atomic E-state index is 13.8. The number of carbonyl (C=O) groups is 1. The minimum absolute atomic E-state index is 0.139. The Morgan fingerprint density at radius 2 is 2.30 bits per heavy atom. The summed E-state index contributed by atoms with van der Waals surface area (Å²) in [5.74, 6) is -0.0998. The van der Waals surface area contributed by atoms with Crippen LogP contribution >= 0.6 is 11.3 Å². The Balaban J connectivity index is 1.97. The van der Waals surface area contributed by atoms with E-state index in [0.29, 0.717) is 26.5 Å². The van der Waals surface area contributed by atoms with Gasteiger partial charge in [0.15, 0.2) is 0 Å². The highest BCUT2D eigenvalue weighted by molar-refractivity contribution is 7.22. The van der Waals surface area contributed by atoms with Crippen molar-refractivity contribution in [2.75, 3.05) is 6.54 Å². The molecule has 3 rings (SSSR count). The Bertz CT molecular complexity index is 937. The molecule has 9 heteroatoms. The van der Waals surface area contributed by atoms with Gasteiger partial charge in [0.05, 0.1) is 11.7 Å². The van der Waals surface area contributed by atoms with Gasteiger partial charge < -0.3 is 15.4 Å². The van der Waals surface area contributed by atoms with Gasteiger partial charge in [0.25, 0.3) is 5.56 Å². The SMILES string of the molecule is O=C(O)NCCc1nc2cc(-c3ccncc3F)sc2c(=O)[nH]1. The summed E-state index contributed by atoms with van der Waals surface area (Å²) in [5.41, 5.74) is 0.484. The van der Waals surface area contributed by atoms with E-state index in [4.69, 9.17) is 5.11 Å². The summed E-state index contributed by atoms with van der Waals surface area (Å²) in [6, 6.07) is 3.17. The summed E-state index contributed by atoms with van der Waals surface area (Å²) < 4.78 is 14.2. The second-order valence-corrected chi connectivity index (χ2v) is 5.73. The molecule has 3 aromatic rings. The average Bonchev–Trinajstić information content (AvgIpc) is 2.91. The van der Waals surface area contributed by atoms with E-state index in [9.17, 15) is 14.0 Å². The lowest BCUT2D eigenvalue weighted by atomic mass is 10.2. The van der Waals surface area contributed by atoms with Gasteiger partial charge in [-0.1, -0.05) is 0 Å². The molecule has 1 amide bonds. The zero-order valence-electron chi connectivity index (χ0n) is 11.7. The number of rotatable bonds is 4. The number of hydrogen-bond donors (Lipinski definition) is 3. The van der Waals surface area contributed by atoms with Crippen LogP contribution in [-0.4, -0.2) is 32.7 Å². The van der Waals surface area contributed by atoms with Crippen LogP contribution in [-0.2, 0) is 6.42 Å². The van der Waals surface area contributed by atoms with E-state index >= 15 is 0 Å². The number of carboxylic acid groups (broad SMARTS) is 1. The van der Waals surface area contributed by atoms with Crippen LogP contribution in [0.1, 0.15) is 5.82 Å². The molecule has 0 unspecified atom stereocenters. The van der Waals surface area contributed by atoms with E-state index in [1.807, 2.05) is 0 Å². The normalized spacial score (nSPS) is 10.8. The number of fused-ring (bicyclic) bond motifs is 1. The summed E-state index contributed by atoms with van der Waals surface area (Å²) in [4.78, 5) is 33.7. The molecular formula is C14H11FN4O3S. The predicted octanol–water partition coefficient (Wildman–Crippen LogP) is 2.00. The van der Waals surface area contributed by atoms with Crippen LogP contribution in [0.25, 0.3) is 20.7 Å². The molecule has 0 spiro atoms. The molecule has 23 heavy (non-hydrogen) atoms. The lowest BCUT2D eigenvalue weighted by Gasteiger charge is -2.00. The molecule has 3 aromatic heterocycles. The van der Waals surface area contributed by atoms with Gasteiger partial charge >= 0.3 is 6.09 Å². The van der Waals surface area contributed by atoms with Crippen LogP contribution in [0.5, 0.6) is 0 Å². The lowest BCUT2D eigenvalue weighted by molar-refractivity contribution is 0.194. The van der Waals surface area contributed by atoms with Crippen molar-refractivity contribution in [1.29, 1.82) is 0 Å². The summed E-state index contributed by atoms with van der Waals surface area (Å²) in [5, 5.41) is 10.7. The Kier molecular flexibility index (Phi) is 4.02. The lowest BCUT2D eigenvalue weighted by Crippen LogP contribution is -2.24. The van der Waals surface area contributed by atoms with E-state index in [1.54, 1.807) is 6.07 Å². The molecule has 0 fully saturated rings. The van der Waals surface area contributed by atoms with Crippen molar-refractivity contribution < 1.29 is 14.3 Å². The maximum Gasteiger partial charge on any atom is 0.404 e. The largest absolute Gasteiger partial charge is 0.465 e. The number of amides is 1. The van der Waals surface area contributed by atoms with Gasteiger partial charge in [-0.2, -0.15) is 0 Å². The zero-order chi connectivity index (χ0) is 16.4. The summed E-state index contributed by atoms with van der Waals surface area (Å²) in [7, 11) is 0. The number of pyridine rings is 1. The van der Waals surface area contributed by atoms with Crippen LogP contribution in [0, 0.1) is 5.82 Å². The van der Waals surface area contributed by atoms with Crippen LogP contribution < -0.4 is 10.9 Å². The number of nitrogens with one attached hydrogen (secondary N) is 2. The molecule has 0 saturated heterocycles. The number of halogens is 1. The van der Waals surface area contributed by atoms with Crippen LogP contribution in [0.3, 0.4) is 0 Å². The molecule has 118 valence electrons. The summed E-state index contributed by atoms with van der Waals surface area (Å²) in [6.45, 7) is 0.139. The molecule has 0 aliphatic rings. The number of nitrogens with zero attached hydrogens (tertiary/aromatic N) is 2. The Morgan fingerprint density at radius 1 is 1.48 bits per heavy atom. The van der Waals surface area contributed by atoms with Gasteiger partial charge in [0.2, 0.25) is 0 Å². The van der Waals surface area contributed by atoms with Crippen molar-refractivity contribution in [3.05, 3.63) is 46.5 Å². The Hall–Kier alpha value is -2.81. The minimum Gasteiger partial charge on any atom is -0.465 e. The third-order valence-electron chi connectivity index (χ3n) is 3.11. The molecule has 7 nitrogen and oxygen atoms in total. The highest BCUT2D eigenvalue weighted by Crippen LogP contribution is 2.31. The van der Waals surface area contributed by atoms with E-state index < -0.39 is 11.9 Å². The first-order valence-corrected chi connectivity index (χ1v) is 7.45. The first-order valence-electron chi connectivity index (χ1n) is 6.64. The fraction of sp³-hybridized carbons (Fsp3) is 0.143. The van der Waals surface area contributed by atoms with Gasteiger partial charge in [-0.15, -0.1) is 11.3 Å². The smallest absolute Gasteiger partial charge is 0.404 e. The fourth-order valence-corrected chi connectivity index (χ4v) is 3.12. The van der Waals surface area contributed by atoms with Crippen molar-refractivity contribution in [2.24, 2.45) is 0 Å². The number of aromatic amines is 1. The van der Waals surface area contributed by atoms with E-state index in [-0.39, 0.29) is 18.5 Å². The fourth-order valence-electron chi connectivity index (χ4n) is 2.10. The first kappa shape index (κ1) is 15.1. The van der Waals surface area contributed by atoms with Gasteiger partial charge in [-0.3, -0.25) is 9.78 Å². The molecule has 0 aliphatic heterocycles. The average molecular weight is 334 g/mol. The first-order chi connectivity index (χ1) is 11.0. The van der Waals surface area contributed by atoms with Crippen molar-refractivity contribution >= 4 is 27.6 Å². The van der Waals surface area contributed by atoms with Crippen LogP contribution in [0.2, 0.25) is 0 Å². The number of hydrogen-bond acceptors (Lipinski definition) is 5. The van der Waals surface area contributed by atoms with E-state index in [0.717, 1.165) is 17.5 Å². The molecule has 3 N–H and O–H groups in total. The molecule has 0 radical (unpaired) electrons. The molecule has 0 aliphatic carbocycles. The molecule has 0 saturated carbocycles. The molecule has 0 bridgehead atoms. The van der Waals surface area contributed by atoms with Crippen molar-refractivity contribution in [1.82, 2.24) is 20.3 Å². The standard InChI is InChI=1S/C14H11FN4O3S/c15-8-6-16-3-1-7(8)10-5-9-12(23-10)13(20)19-11(18-9)2-4-17-14(21)22/h1,3,5-6,17H,2,4H2,(H,21,22)(H,18,19,20). The van der Waals surface area contributed by atoms with Crippen molar-refractivity contribution in [3.63, 3.8) is 0 Å². The van der Waals surface area contributed by atoms with Crippen molar-refractivity contribution in [2.45, 2.75) is 6.42 Å². The molecular weight excluding hydrogens is 323 g/mol. The highest BCUT2D eigenvalue weighted by Gasteiger charge is 2.13. The quantitative estimate of drug-likeness (QED) is 0.676. The predicted molar refractivity (Wildman–Crippen MR) is 83.2 cm³/mol. The minimum atomic E-state index is -1.14. The van der Waals surface area contributed by atoms with Crippen LogP contribution in [0.15, 0.2) is 29.3 Å². The molecule has 3 heterocycles. The second kappa shape index (κ2) is 6.13. The van der Waals surface area contributed by atoms with Gasteiger partial charge in [0.1, 0.15) is 16.3 Å². The summed E-state index contributed by atoms with van der Waals surface area (Å²) >= 11 is 1.14. The van der Waals surface area contributed by atoms with Gasteiger partial charge in [-0.05, 0) is 12.1 Å². The highest BCUT2D eigenvalue weighted by atomic mass is 32.1.